The summed E-state index contributed by atoms with van der Waals surface area (Å²) in [6, 6.07) is 15.3. The van der Waals surface area contributed by atoms with E-state index in [0.29, 0.717) is 22.8 Å². The molecule has 1 N–H and O–H groups in total. The van der Waals surface area contributed by atoms with Crippen molar-refractivity contribution in [1.82, 2.24) is 5.43 Å². The Bertz CT molecular complexity index is 979. The molecule has 0 spiro atoms. The third-order valence-electron chi connectivity index (χ3n) is 4.06. The van der Waals surface area contributed by atoms with E-state index in [2.05, 4.69) is 10.5 Å². The summed E-state index contributed by atoms with van der Waals surface area (Å²) in [5.41, 5.74) is 4.81. The zero-order valence-electron chi connectivity index (χ0n) is 15.0. The standard InChI is InChI=1S/C21H19FN2O3/c1-14-6-5-9-19(15(14)2)26-13-21(25)24-23-12-16-10-11-20(27-16)17-7-3-4-8-18(17)22/h3-12H,13H2,1-2H3,(H,24,25)/b23-12-. The number of hydrogen-bond donors (Lipinski definition) is 1. The first kappa shape index (κ1) is 18.4. The van der Waals surface area contributed by atoms with Gasteiger partial charge in [-0.2, -0.15) is 5.10 Å². The van der Waals surface area contributed by atoms with Gasteiger partial charge >= 0.3 is 0 Å². The molecule has 27 heavy (non-hydrogen) atoms. The smallest absolute Gasteiger partial charge is 0.277 e. The van der Waals surface area contributed by atoms with Crippen LogP contribution in [0.3, 0.4) is 0 Å². The predicted molar refractivity (Wildman–Crippen MR) is 101 cm³/mol. The fourth-order valence-corrected chi connectivity index (χ4v) is 2.45. The molecule has 0 aliphatic carbocycles. The van der Waals surface area contributed by atoms with Crippen molar-refractivity contribution < 1.29 is 18.3 Å². The average molecular weight is 366 g/mol. The Balaban J connectivity index is 1.54. The Morgan fingerprint density at radius 3 is 2.78 bits per heavy atom. The van der Waals surface area contributed by atoms with Crippen molar-refractivity contribution in [1.29, 1.82) is 0 Å². The third-order valence-corrected chi connectivity index (χ3v) is 4.06. The van der Waals surface area contributed by atoms with Gasteiger partial charge in [0.25, 0.3) is 5.91 Å². The minimum absolute atomic E-state index is 0.153. The molecule has 6 heteroatoms. The molecule has 0 bridgehead atoms. The van der Waals surface area contributed by atoms with Gasteiger partial charge in [-0.3, -0.25) is 4.79 Å². The highest BCUT2D eigenvalue weighted by Gasteiger charge is 2.08. The van der Waals surface area contributed by atoms with E-state index < -0.39 is 5.91 Å². The average Bonchev–Trinajstić information content (AvgIpc) is 3.12. The van der Waals surface area contributed by atoms with Crippen LogP contribution in [0, 0.1) is 19.7 Å². The molecule has 0 saturated carbocycles. The summed E-state index contributed by atoms with van der Waals surface area (Å²) in [5.74, 6) is 0.679. The van der Waals surface area contributed by atoms with Crippen LogP contribution in [0.1, 0.15) is 16.9 Å². The summed E-state index contributed by atoms with van der Waals surface area (Å²) in [5, 5.41) is 3.83. The Morgan fingerprint density at radius 1 is 1.15 bits per heavy atom. The number of carbonyl (C=O) groups is 1. The van der Waals surface area contributed by atoms with Crippen molar-refractivity contribution in [3.63, 3.8) is 0 Å². The zero-order valence-corrected chi connectivity index (χ0v) is 15.0. The van der Waals surface area contributed by atoms with Crippen LogP contribution in [0.15, 0.2) is 64.1 Å². The van der Waals surface area contributed by atoms with Gasteiger partial charge in [-0.1, -0.05) is 24.3 Å². The van der Waals surface area contributed by atoms with Crippen LogP contribution >= 0.6 is 0 Å². The number of rotatable bonds is 6. The molecule has 0 unspecified atom stereocenters. The van der Waals surface area contributed by atoms with Crippen LogP contribution in [0.25, 0.3) is 11.3 Å². The lowest BCUT2D eigenvalue weighted by Crippen LogP contribution is -2.24. The molecule has 138 valence electrons. The second-order valence-electron chi connectivity index (χ2n) is 5.96. The molecule has 1 amide bonds. The molecular weight excluding hydrogens is 347 g/mol. The first-order chi connectivity index (χ1) is 13.0. The van der Waals surface area contributed by atoms with Gasteiger partial charge in [0.05, 0.1) is 11.8 Å². The molecule has 0 aliphatic rings. The van der Waals surface area contributed by atoms with Gasteiger partial charge < -0.3 is 9.15 Å². The van der Waals surface area contributed by atoms with Gasteiger partial charge in [0.2, 0.25) is 0 Å². The summed E-state index contributed by atoms with van der Waals surface area (Å²) in [7, 11) is 0. The monoisotopic (exact) mass is 366 g/mol. The van der Waals surface area contributed by atoms with Gasteiger partial charge in [0, 0.05) is 0 Å². The molecule has 0 saturated heterocycles. The number of benzene rings is 2. The van der Waals surface area contributed by atoms with Gasteiger partial charge in [-0.05, 0) is 55.3 Å². The van der Waals surface area contributed by atoms with Crippen LogP contribution in [-0.4, -0.2) is 18.7 Å². The lowest BCUT2D eigenvalue weighted by molar-refractivity contribution is -0.123. The van der Waals surface area contributed by atoms with Crippen molar-refractivity contribution >= 4 is 12.1 Å². The number of ether oxygens (including phenoxy) is 1. The van der Waals surface area contributed by atoms with E-state index >= 15 is 0 Å². The third kappa shape index (κ3) is 4.61. The summed E-state index contributed by atoms with van der Waals surface area (Å²) in [6.45, 7) is 3.76. The van der Waals surface area contributed by atoms with E-state index in [1.165, 1.54) is 12.3 Å². The van der Waals surface area contributed by atoms with Gasteiger partial charge in [-0.15, -0.1) is 0 Å². The molecule has 1 aromatic heterocycles. The van der Waals surface area contributed by atoms with E-state index in [1.54, 1.807) is 30.3 Å². The van der Waals surface area contributed by atoms with Gasteiger partial charge in [0.15, 0.2) is 6.61 Å². The number of amides is 1. The SMILES string of the molecule is Cc1cccc(OCC(=O)N/N=C\c2ccc(-c3ccccc3F)o2)c1C. The fourth-order valence-electron chi connectivity index (χ4n) is 2.45. The van der Waals surface area contributed by atoms with E-state index in [9.17, 15) is 9.18 Å². The molecule has 0 aliphatic heterocycles. The van der Waals surface area contributed by atoms with Gasteiger partial charge in [0.1, 0.15) is 23.1 Å². The maximum atomic E-state index is 13.8. The Labute approximate surface area is 156 Å². The summed E-state index contributed by atoms with van der Waals surface area (Å²) in [6.07, 6.45) is 1.35. The molecular formula is C21H19FN2O3. The first-order valence-electron chi connectivity index (χ1n) is 8.40. The molecule has 3 aromatic rings. The predicted octanol–water partition coefficient (Wildman–Crippen LogP) is 4.23. The first-order valence-corrected chi connectivity index (χ1v) is 8.40. The van der Waals surface area contributed by atoms with E-state index in [4.69, 9.17) is 9.15 Å². The highest BCUT2D eigenvalue weighted by molar-refractivity contribution is 5.81. The molecule has 5 nitrogen and oxygen atoms in total. The maximum absolute atomic E-state index is 13.8. The van der Waals surface area contributed by atoms with E-state index in [0.717, 1.165) is 11.1 Å². The molecule has 0 radical (unpaired) electrons. The number of nitrogens with zero attached hydrogens (tertiary/aromatic N) is 1. The topological polar surface area (TPSA) is 63.8 Å². The second-order valence-corrected chi connectivity index (χ2v) is 5.96. The summed E-state index contributed by atoms with van der Waals surface area (Å²) in [4.78, 5) is 11.8. The molecule has 1 heterocycles. The Kier molecular flexibility index (Phi) is 5.66. The van der Waals surface area contributed by atoms with Crippen LogP contribution < -0.4 is 10.2 Å². The number of nitrogens with one attached hydrogen (secondary N) is 1. The number of hydrazone groups is 1. The highest BCUT2D eigenvalue weighted by Crippen LogP contribution is 2.24. The van der Waals surface area contributed by atoms with Crippen molar-refractivity contribution in [2.24, 2.45) is 5.10 Å². The van der Waals surface area contributed by atoms with Crippen LogP contribution in [0.4, 0.5) is 4.39 Å². The minimum Gasteiger partial charge on any atom is -0.483 e. The number of aryl methyl sites for hydroxylation is 1. The number of carbonyl (C=O) groups excluding carboxylic acids is 1. The van der Waals surface area contributed by atoms with Crippen LogP contribution in [0.2, 0.25) is 0 Å². The van der Waals surface area contributed by atoms with E-state index in [-0.39, 0.29) is 12.4 Å². The zero-order chi connectivity index (χ0) is 19.2. The number of furan rings is 1. The number of hydrogen-bond acceptors (Lipinski definition) is 4. The highest BCUT2D eigenvalue weighted by atomic mass is 19.1. The quantitative estimate of drug-likeness (QED) is 0.524. The molecule has 0 atom stereocenters. The molecule has 0 fully saturated rings. The minimum atomic E-state index is -0.395. The lowest BCUT2D eigenvalue weighted by Gasteiger charge is -2.09. The summed E-state index contributed by atoms with van der Waals surface area (Å²) < 4.78 is 24.8. The Morgan fingerprint density at radius 2 is 1.96 bits per heavy atom. The maximum Gasteiger partial charge on any atom is 0.277 e. The lowest BCUT2D eigenvalue weighted by atomic mass is 10.1. The van der Waals surface area contributed by atoms with Gasteiger partial charge in [-0.25, -0.2) is 9.82 Å². The largest absolute Gasteiger partial charge is 0.483 e. The van der Waals surface area contributed by atoms with E-state index in [1.807, 2.05) is 32.0 Å². The van der Waals surface area contributed by atoms with Crippen molar-refractivity contribution in [3.05, 3.63) is 77.3 Å². The van der Waals surface area contributed by atoms with Crippen molar-refractivity contribution in [3.8, 4) is 17.1 Å². The van der Waals surface area contributed by atoms with Crippen LogP contribution in [0.5, 0.6) is 5.75 Å². The van der Waals surface area contributed by atoms with Crippen molar-refractivity contribution in [2.45, 2.75) is 13.8 Å². The van der Waals surface area contributed by atoms with Crippen LogP contribution in [-0.2, 0) is 4.79 Å². The summed E-state index contributed by atoms with van der Waals surface area (Å²) >= 11 is 0. The fraction of sp³-hybridized carbons (Fsp3) is 0.143. The number of halogens is 1. The molecule has 3 rings (SSSR count). The second kappa shape index (κ2) is 8.31. The molecule has 2 aromatic carbocycles. The van der Waals surface area contributed by atoms with Crippen molar-refractivity contribution in [2.75, 3.05) is 6.61 Å². The Hall–Kier alpha value is -3.41. The normalized spacial score (nSPS) is 10.9.